The molecule has 2 N–H and O–H groups in total. The van der Waals surface area contributed by atoms with E-state index in [9.17, 15) is 15.2 Å². The smallest absolute Gasteiger partial charge is 0.292 e. The molecule has 7 nitrogen and oxygen atoms in total. The maximum Gasteiger partial charge on any atom is 0.292 e. The summed E-state index contributed by atoms with van der Waals surface area (Å²) in [4.78, 5) is 10.8. The molecule has 0 atom stereocenters. The SMILES string of the molecule is Cc1cc(C)n(-c2ccccc2CNc2cc(CO)ccc2[N+](=O)[O-])n1. The molecule has 0 radical (unpaired) electrons. The zero-order valence-corrected chi connectivity index (χ0v) is 14.6. The summed E-state index contributed by atoms with van der Waals surface area (Å²) < 4.78 is 1.87. The van der Waals surface area contributed by atoms with E-state index in [4.69, 9.17) is 0 Å². The maximum absolute atomic E-state index is 11.3. The summed E-state index contributed by atoms with van der Waals surface area (Å²) >= 11 is 0. The monoisotopic (exact) mass is 352 g/mol. The molecule has 26 heavy (non-hydrogen) atoms. The topological polar surface area (TPSA) is 93.2 Å². The van der Waals surface area contributed by atoms with Gasteiger partial charge in [-0.15, -0.1) is 0 Å². The molecule has 0 unspecified atom stereocenters. The first kappa shape index (κ1) is 17.6. The lowest BCUT2D eigenvalue weighted by Gasteiger charge is -2.13. The van der Waals surface area contributed by atoms with Crippen molar-refractivity contribution in [3.63, 3.8) is 0 Å². The van der Waals surface area contributed by atoms with Gasteiger partial charge >= 0.3 is 0 Å². The Morgan fingerprint density at radius 1 is 1.19 bits per heavy atom. The van der Waals surface area contributed by atoms with Crippen LogP contribution < -0.4 is 5.32 Å². The van der Waals surface area contributed by atoms with Gasteiger partial charge in [-0.25, -0.2) is 4.68 Å². The van der Waals surface area contributed by atoms with Crippen molar-refractivity contribution in [3.8, 4) is 5.69 Å². The van der Waals surface area contributed by atoms with Crippen molar-refractivity contribution in [2.24, 2.45) is 0 Å². The number of para-hydroxylation sites is 1. The number of aromatic nitrogens is 2. The fourth-order valence-electron chi connectivity index (χ4n) is 2.91. The molecule has 0 bridgehead atoms. The van der Waals surface area contributed by atoms with Crippen molar-refractivity contribution in [3.05, 3.63) is 81.2 Å². The predicted octanol–water partition coefficient (Wildman–Crippen LogP) is 3.50. The number of rotatable bonds is 6. The lowest BCUT2D eigenvalue weighted by Crippen LogP contribution is -2.08. The molecular formula is C19H20N4O3. The number of nitrogens with one attached hydrogen (secondary N) is 1. The van der Waals surface area contributed by atoms with Crippen LogP contribution in [0, 0.1) is 24.0 Å². The second-order valence-electron chi connectivity index (χ2n) is 6.09. The van der Waals surface area contributed by atoms with Crippen molar-refractivity contribution in [1.82, 2.24) is 9.78 Å². The summed E-state index contributed by atoms with van der Waals surface area (Å²) in [5.74, 6) is 0. The van der Waals surface area contributed by atoms with Gasteiger partial charge in [-0.05, 0) is 49.2 Å². The van der Waals surface area contributed by atoms with Crippen molar-refractivity contribution >= 4 is 11.4 Å². The van der Waals surface area contributed by atoms with E-state index in [0.29, 0.717) is 17.8 Å². The first-order valence-corrected chi connectivity index (χ1v) is 8.23. The fourth-order valence-corrected chi connectivity index (χ4v) is 2.91. The lowest BCUT2D eigenvalue weighted by atomic mass is 10.1. The number of anilines is 1. The van der Waals surface area contributed by atoms with Crippen LogP contribution in [0.4, 0.5) is 11.4 Å². The summed E-state index contributed by atoms with van der Waals surface area (Å²) in [6, 6.07) is 14.3. The third-order valence-electron chi connectivity index (χ3n) is 4.14. The van der Waals surface area contributed by atoms with Gasteiger partial charge in [0.05, 0.1) is 22.9 Å². The molecule has 2 aromatic carbocycles. The van der Waals surface area contributed by atoms with E-state index in [1.807, 2.05) is 48.9 Å². The van der Waals surface area contributed by atoms with E-state index in [-0.39, 0.29) is 12.3 Å². The first-order chi connectivity index (χ1) is 12.5. The Hall–Kier alpha value is -3.19. The molecule has 3 aromatic rings. The quantitative estimate of drug-likeness (QED) is 0.523. The van der Waals surface area contributed by atoms with E-state index in [1.54, 1.807) is 12.1 Å². The molecule has 7 heteroatoms. The second-order valence-corrected chi connectivity index (χ2v) is 6.09. The Morgan fingerprint density at radius 2 is 1.96 bits per heavy atom. The zero-order chi connectivity index (χ0) is 18.7. The molecule has 3 rings (SSSR count). The van der Waals surface area contributed by atoms with Gasteiger partial charge in [0.2, 0.25) is 0 Å². The standard InChI is InChI=1S/C19H20N4O3/c1-13-9-14(2)22(21-13)18-6-4-3-5-16(18)11-20-17-10-15(12-24)7-8-19(17)23(25)26/h3-10,20,24H,11-12H2,1-2H3. The van der Waals surface area contributed by atoms with Gasteiger partial charge in [-0.2, -0.15) is 5.10 Å². The van der Waals surface area contributed by atoms with Crippen LogP contribution in [0.2, 0.25) is 0 Å². The minimum Gasteiger partial charge on any atom is -0.392 e. The Balaban J connectivity index is 1.92. The molecule has 0 aliphatic heterocycles. The third kappa shape index (κ3) is 3.57. The molecule has 134 valence electrons. The Labute approximate surface area is 151 Å². The Bertz CT molecular complexity index is 950. The van der Waals surface area contributed by atoms with Gasteiger partial charge in [0.25, 0.3) is 5.69 Å². The Kier molecular flexibility index (Phi) is 4.99. The highest BCUT2D eigenvalue weighted by Crippen LogP contribution is 2.27. The Morgan fingerprint density at radius 3 is 2.62 bits per heavy atom. The number of aryl methyl sites for hydroxylation is 2. The summed E-state index contributed by atoms with van der Waals surface area (Å²) in [5.41, 5.74) is 4.80. The number of aliphatic hydroxyl groups is 1. The molecular weight excluding hydrogens is 332 g/mol. The number of nitro groups is 1. The lowest BCUT2D eigenvalue weighted by molar-refractivity contribution is -0.384. The molecule has 0 aliphatic rings. The molecule has 0 fully saturated rings. The molecule has 1 heterocycles. The third-order valence-corrected chi connectivity index (χ3v) is 4.14. The largest absolute Gasteiger partial charge is 0.392 e. The number of hydrogen-bond donors (Lipinski definition) is 2. The van der Waals surface area contributed by atoms with Crippen molar-refractivity contribution in [2.45, 2.75) is 27.0 Å². The molecule has 0 aliphatic carbocycles. The number of nitrogens with zero attached hydrogens (tertiary/aromatic N) is 3. The number of hydrogen-bond acceptors (Lipinski definition) is 5. The van der Waals surface area contributed by atoms with Gasteiger partial charge in [0.15, 0.2) is 0 Å². The van der Waals surface area contributed by atoms with Crippen LogP contribution in [0.25, 0.3) is 5.69 Å². The van der Waals surface area contributed by atoms with Gasteiger partial charge in [-0.1, -0.05) is 18.2 Å². The van der Waals surface area contributed by atoms with Gasteiger partial charge in [0.1, 0.15) is 5.69 Å². The predicted molar refractivity (Wildman–Crippen MR) is 99.4 cm³/mol. The van der Waals surface area contributed by atoms with Gasteiger partial charge in [-0.3, -0.25) is 10.1 Å². The highest BCUT2D eigenvalue weighted by Gasteiger charge is 2.15. The number of aliphatic hydroxyl groups excluding tert-OH is 1. The minimum atomic E-state index is -0.434. The van der Waals surface area contributed by atoms with Gasteiger partial charge < -0.3 is 10.4 Å². The highest BCUT2D eigenvalue weighted by molar-refractivity contribution is 5.63. The van der Waals surface area contributed by atoms with Crippen LogP contribution in [-0.2, 0) is 13.2 Å². The second kappa shape index (κ2) is 7.37. The van der Waals surface area contributed by atoms with Crippen LogP contribution in [0.15, 0.2) is 48.5 Å². The molecule has 0 saturated heterocycles. The van der Waals surface area contributed by atoms with E-state index in [0.717, 1.165) is 22.6 Å². The van der Waals surface area contributed by atoms with E-state index in [2.05, 4.69) is 10.4 Å². The van der Waals surface area contributed by atoms with Crippen LogP contribution >= 0.6 is 0 Å². The van der Waals surface area contributed by atoms with Crippen LogP contribution in [0.3, 0.4) is 0 Å². The molecule has 0 amide bonds. The van der Waals surface area contributed by atoms with Crippen LogP contribution in [0.1, 0.15) is 22.5 Å². The molecule has 0 spiro atoms. The van der Waals surface area contributed by atoms with Crippen molar-refractivity contribution in [2.75, 3.05) is 5.32 Å². The van der Waals surface area contributed by atoms with Crippen molar-refractivity contribution in [1.29, 1.82) is 0 Å². The first-order valence-electron chi connectivity index (χ1n) is 8.23. The summed E-state index contributed by atoms with van der Waals surface area (Å²) in [6.45, 7) is 4.15. The van der Waals surface area contributed by atoms with E-state index < -0.39 is 4.92 Å². The average Bonchev–Trinajstić information content (AvgIpc) is 2.97. The summed E-state index contributed by atoms with van der Waals surface area (Å²) in [5, 5.41) is 28.2. The van der Waals surface area contributed by atoms with Crippen molar-refractivity contribution < 1.29 is 10.0 Å². The van der Waals surface area contributed by atoms with E-state index in [1.165, 1.54) is 6.07 Å². The van der Waals surface area contributed by atoms with E-state index >= 15 is 0 Å². The summed E-state index contributed by atoms with van der Waals surface area (Å²) in [6.07, 6.45) is 0. The average molecular weight is 352 g/mol. The normalized spacial score (nSPS) is 10.7. The highest BCUT2D eigenvalue weighted by atomic mass is 16.6. The number of benzene rings is 2. The van der Waals surface area contributed by atoms with Crippen LogP contribution in [0.5, 0.6) is 0 Å². The minimum absolute atomic E-state index is 0.0224. The zero-order valence-electron chi connectivity index (χ0n) is 14.6. The van der Waals surface area contributed by atoms with Crippen LogP contribution in [-0.4, -0.2) is 19.8 Å². The fraction of sp³-hybridized carbons (Fsp3) is 0.211. The maximum atomic E-state index is 11.3. The molecule has 1 aromatic heterocycles. The number of nitro benzene ring substituents is 1. The molecule has 0 saturated carbocycles. The van der Waals surface area contributed by atoms with Gasteiger partial charge in [0, 0.05) is 18.3 Å². The summed E-state index contributed by atoms with van der Waals surface area (Å²) in [7, 11) is 0.